The van der Waals surface area contributed by atoms with Gasteiger partial charge in [0.1, 0.15) is 0 Å². The fourth-order valence-corrected chi connectivity index (χ4v) is 0. The maximum absolute atomic E-state index is 0. The zero-order valence-corrected chi connectivity index (χ0v) is 7.93. The maximum Gasteiger partial charge on any atom is 4.00 e. The van der Waals surface area contributed by atoms with Gasteiger partial charge in [-0.15, -0.1) is 0 Å². The normalized spacial score (nSPS) is 0. The summed E-state index contributed by atoms with van der Waals surface area (Å²) in [6.45, 7) is 0. The quantitative estimate of drug-likeness (QED) is 0.567. The van der Waals surface area contributed by atoms with Gasteiger partial charge >= 0.3 is 26.2 Å². The van der Waals surface area contributed by atoms with E-state index in [-0.39, 0.29) is 69.2 Å². The molecule has 0 fully saturated rings. The summed E-state index contributed by atoms with van der Waals surface area (Å²) in [6, 6.07) is 0. The molecule has 38 valence electrons. The molecule has 0 atom stereocenters. The zero-order valence-electron chi connectivity index (χ0n) is 2.54. The second-order valence-corrected chi connectivity index (χ2v) is 0. The minimum absolute atomic E-state index is 0. The molecule has 4 nitrogen and oxygen atoms in total. The van der Waals surface area contributed by atoms with Gasteiger partial charge in [0, 0.05) is 21.1 Å². The van der Waals surface area contributed by atoms with Crippen molar-refractivity contribution in [3.63, 3.8) is 0 Å². The van der Waals surface area contributed by atoms with Crippen molar-refractivity contribution in [2.45, 2.75) is 0 Å². The van der Waals surface area contributed by atoms with Crippen molar-refractivity contribution in [1.82, 2.24) is 0 Å². The molecule has 0 heterocycles. The molecule has 6 heavy (non-hydrogen) atoms. The van der Waals surface area contributed by atoms with E-state index >= 15 is 0 Å². The number of hydrogen-bond donors (Lipinski definition) is 0. The molecule has 0 aromatic rings. The monoisotopic (exact) mass is 338 g/mol. The van der Waals surface area contributed by atoms with Gasteiger partial charge in [0.25, 0.3) is 0 Å². The van der Waals surface area contributed by atoms with Gasteiger partial charge in [-0.2, -0.15) is 0 Å². The van der Waals surface area contributed by atoms with E-state index in [4.69, 9.17) is 0 Å². The van der Waals surface area contributed by atoms with Crippen LogP contribution in [-0.4, -0.2) is 0 Å². The van der Waals surface area contributed by atoms with Crippen LogP contribution in [0.2, 0.25) is 0 Å². The first-order valence-electron chi connectivity index (χ1n) is 0. The molecule has 0 spiro atoms. The van der Waals surface area contributed by atoms with Gasteiger partial charge in [0.15, 0.2) is 0 Å². The summed E-state index contributed by atoms with van der Waals surface area (Å²) in [7, 11) is 0. The second-order valence-electron chi connectivity index (χ2n) is 0. The fraction of sp³-hybridized carbons (Fsp3) is 0. The first-order valence-corrected chi connectivity index (χ1v) is 0. The van der Waals surface area contributed by atoms with E-state index in [1.807, 2.05) is 0 Å². The average molecular weight is 339 g/mol. The minimum Gasteiger partial charge on any atom is -2.00 e. The topological polar surface area (TPSA) is 114 Å². The summed E-state index contributed by atoms with van der Waals surface area (Å²) >= 11 is 0. The fourth-order valence-electron chi connectivity index (χ4n) is 0. The van der Waals surface area contributed by atoms with Gasteiger partial charge in [-0.05, 0) is 0 Å². The Morgan fingerprint density at radius 3 is 0.500 bits per heavy atom. The summed E-state index contributed by atoms with van der Waals surface area (Å²) in [5.74, 6) is 0. The Morgan fingerprint density at radius 2 is 0.500 bits per heavy atom. The third kappa shape index (κ3) is 52.9. The van der Waals surface area contributed by atoms with Crippen molar-refractivity contribution < 1.29 is 69.2 Å². The van der Waals surface area contributed by atoms with E-state index in [0.717, 1.165) is 0 Å². The molecule has 0 unspecified atom stereocenters. The second kappa shape index (κ2) is 94.2. The van der Waals surface area contributed by atoms with Crippen LogP contribution >= 0.6 is 0 Å². The summed E-state index contributed by atoms with van der Waals surface area (Å²) in [6.07, 6.45) is 0. The third-order valence-electron chi connectivity index (χ3n) is 0. The first kappa shape index (κ1) is 153. The smallest absolute Gasteiger partial charge is 2.00 e. The van der Waals surface area contributed by atoms with E-state index in [2.05, 4.69) is 0 Å². The third-order valence-corrected chi connectivity index (χ3v) is 0. The van der Waals surface area contributed by atoms with E-state index in [9.17, 15) is 0 Å². The van der Waals surface area contributed by atoms with E-state index in [1.54, 1.807) is 0 Å². The number of rotatable bonds is 0. The van der Waals surface area contributed by atoms with Crippen molar-refractivity contribution in [1.29, 1.82) is 0 Å². The summed E-state index contributed by atoms with van der Waals surface area (Å²) < 4.78 is 0. The van der Waals surface area contributed by atoms with Crippen LogP contribution in [0.4, 0.5) is 0 Å². The van der Waals surface area contributed by atoms with Gasteiger partial charge in [0.05, 0.1) is 0 Å². The molecule has 0 radical (unpaired) electrons. The van der Waals surface area contributed by atoms with Gasteiger partial charge in [-0.3, -0.25) is 0 Å². The molecule has 0 aromatic carbocycles. The van der Waals surface area contributed by atoms with Crippen LogP contribution in [0.3, 0.4) is 0 Å². The van der Waals surface area contributed by atoms with Crippen molar-refractivity contribution in [2.24, 2.45) is 0 Å². The van der Waals surface area contributed by atoms with Crippen LogP contribution < -0.4 is 0 Å². The van der Waals surface area contributed by atoms with Crippen LogP contribution in [0, 0.1) is 0 Å². The molecule has 0 saturated heterocycles. The Labute approximate surface area is 68.9 Å². The molecule has 0 aromatic heterocycles. The predicted octanol–water partition coefficient (Wildman–Crippen LogP) is -0.480. The molecule has 0 aliphatic carbocycles. The van der Waals surface area contributed by atoms with Crippen LogP contribution in [-0.2, 0) is 69.2 Å². The molecule has 0 bridgehead atoms. The summed E-state index contributed by atoms with van der Waals surface area (Å²) in [4.78, 5) is 0. The molecule has 6 heteroatoms. The maximum atomic E-state index is 0. The van der Waals surface area contributed by atoms with Gasteiger partial charge < -0.3 is 21.9 Å². The van der Waals surface area contributed by atoms with E-state index in [1.165, 1.54) is 0 Å². The molecule has 0 rings (SSSR count). The molecular weight excluding hydrogens is 339 g/mol. The Bertz CT molecular complexity index is 7.51. The van der Waals surface area contributed by atoms with Gasteiger partial charge in [-0.1, -0.05) is 0 Å². The molecule has 0 aliphatic rings. The van der Waals surface area contributed by atoms with E-state index in [0.29, 0.717) is 0 Å². The predicted molar refractivity (Wildman–Crippen MR) is 2.75 cm³/mol. The number of hydrogen-bond acceptors (Lipinski definition) is 0. The van der Waals surface area contributed by atoms with Crippen LogP contribution in [0.1, 0.15) is 0 Å². The zero-order chi connectivity index (χ0) is 0. The molecule has 0 amide bonds. The molecule has 0 N–H and O–H groups in total. The summed E-state index contributed by atoms with van der Waals surface area (Å²) in [5, 5.41) is 0. The Morgan fingerprint density at radius 1 is 0.500 bits per heavy atom. The van der Waals surface area contributed by atoms with Crippen LogP contribution in [0.15, 0.2) is 0 Å². The molecule has 0 aliphatic heterocycles. The van der Waals surface area contributed by atoms with E-state index < -0.39 is 0 Å². The summed E-state index contributed by atoms with van der Waals surface area (Å²) in [5.41, 5.74) is 0. The molecule has 0 saturated carbocycles. The van der Waals surface area contributed by atoms with Crippen LogP contribution in [0.25, 0.3) is 0 Å². The Hall–Kier alpha value is 1.41. The van der Waals surface area contributed by atoms with Gasteiger partial charge in [-0.25, -0.2) is 0 Å². The van der Waals surface area contributed by atoms with Crippen molar-refractivity contribution >= 4 is 0 Å². The van der Waals surface area contributed by atoms with Crippen molar-refractivity contribution in [2.75, 3.05) is 0 Å². The minimum atomic E-state index is 0. The standard InChI is InChI=1S/4O.W.Zr/q4*-2;;+4. The largest absolute Gasteiger partial charge is 4.00 e. The Balaban J connectivity index is 0. The SMILES string of the molecule is [O-2].[O-2].[O-2].[O-2].[W].[Zr+4]. The van der Waals surface area contributed by atoms with Crippen molar-refractivity contribution in [3.8, 4) is 0 Å². The van der Waals surface area contributed by atoms with Gasteiger partial charge in [0.2, 0.25) is 0 Å². The average Bonchev–Trinajstić information content (AvgIpc) is 0. The van der Waals surface area contributed by atoms with Crippen LogP contribution in [0.5, 0.6) is 0 Å². The molecular formula is O4WZr-4. The van der Waals surface area contributed by atoms with Crippen molar-refractivity contribution in [3.05, 3.63) is 0 Å². The Kier molecular flexibility index (Phi) is 2400. The first-order chi connectivity index (χ1) is 0.